The van der Waals surface area contributed by atoms with E-state index in [1.54, 1.807) is 25.7 Å². The zero-order valence-electron chi connectivity index (χ0n) is 34.7. The number of nitriles is 1. The molecule has 16 heteroatoms. The van der Waals surface area contributed by atoms with E-state index in [2.05, 4.69) is 16.7 Å². The van der Waals surface area contributed by atoms with Gasteiger partial charge in [0, 0.05) is 31.0 Å². The Morgan fingerprint density at radius 3 is 2.20 bits per heavy atom. The summed E-state index contributed by atoms with van der Waals surface area (Å²) in [5, 5.41) is 64.9. The maximum absolute atomic E-state index is 14.6. The first-order valence-corrected chi connectivity index (χ1v) is 21.0. The molecule has 7 rings (SSSR count). The van der Waals surface area contributed by atoms with Gasteiger partial charge in [0.15, 0.2) is 0 Å². The van der Waals surface area contributed by atoms with Crippen molar-refractivity contribution in [3.8, 4) is 6.07 Å². The molecule has 4 bridgehead atoms. The van der Waals surface area contributed by atoms with E-state index in [-0.39, 0.29) is 44.2 Å². The zero-order chi connectivity index (χ0) is 42.7. The molecule has 1 aromatic rings. The predicted molar refractivity (Wildman–Crippen MR) is 213 cm³/mol. The summed E-state index contributed by atoms with van der Waals surface area (Å²) in [5.41, 5.74) is -0.119. The smallest absolute Gasteiger partial charge is 0.408 e. The second-order valence-electron chi connectivity index (χ2n) is 18.5. The molecule has 59 heavy (non-hydrogen) atoms. The third kappa shape index (κ3) is 10.4. The van der Waals surface area contributed by atoms with Crippen molar-refractivity contribution in [3.05, 3.63) is 47.5 Å². The molecule has 1 heterocycles. The van der Waals surface area contributed by atoms with E-state index in [9.17, 15) is 40.1 Å². The highest BCUT2D eigenvalue weighted by Crippen LogP contribution is 2.64. The van der Waals surface area contributed by atoms with Gasteiger partial charge in [-0.3, -0.25) is 9.69 Å². The number of alkyl carbamates (subject to hydrolysis) is 2. The third-order valence-corrected chi connectivity index (χ3v) is 12.9. The van der Waals surface area contributed by atoms with Gasteiger partial charge in [-0.15, -0.1) is 0 Å². The van der Waals surface area contributed by atoms with Gasteiger partial charge in [-0.2, -0.15) is 5.26 Å². The number of fused-ring (bicyclic) bond motifs is 1. The average Bonchev–Trinajstić information content (AvgIpc) is 3.43. The molecule has 10 atom stereocenters. The summed E-state index contributed by atoms with van der Waals surface area (Å²) in [5.74, 6) is 0.519. The highest BCUT2D eigenvalue weighted by atomic mass is 16.6. The minimum Gasteiger partial charge on any atom is -0.447 e. The summed E-state index contributed by atoms with van der Waals surface area (Å²) in [6, 6.07) is 8.23. The molecule has 0 spiro atoms. The van der Waals surface area contributed by atoms with Gasteiger partial charge < -0.3 is 55.3 Å². The van der Waals surface area contributed by atoms with Gasteiger partial charge >= 0.3 is 12.2 Å². The Morgan fingerprint density at radius 1 is 0.949 bits per heavy atom. The first-order chi connectivity index (χ1) is 28.0. The summed E-state index contributed by atoms with van der Waals surface area (Å²) >= 11 is 0. The van der Waals surface area contributed by atoms with Crippen LogP contribution >= 0.6 is 0 Å². The highest BCUT2D eigenvalue weighted by molar-refractivity contribution is 5.88. The zero-order valence-corrected chi connectivity index (χ0v) is 34.7. The summed E-state index contributed by atoms with van der Waals surface area (Å²) in [4.78, 5) is 44.2. The molecule has 3 amide bonds. The molecule has 0 radical (unpaired) electrons. The molecule has 1 saturated heterocycles. The lowest BCUT2D eigenvalue weighted by Crippen LogP contribution is -2.67. The van der Waals surface area contributed by atoms with E-state index < -0.39 is 71.9 Å². The Hall–Kier alpha value is -3.82. The average molecular weight is 826 g/mol. The molecule has 7 N–H and O–H groups in total. The molecule has 1 aromatic carbocycles. The first kappa shape index (κ1) is 44.7. The van der Waals surface area contributed by atoms with Crippen LogP contribution in [0.25, 0.3) is 0 Å². The van der Waals surface area contributed by atoms with Gasteiger partial charge in [-0.05, 0) is 95.2 Å². The Morgan fingerprint density at radius 2 is 1.61 bits per heavy atom. The van der Waals surface area contributed by atoms with Crippen molar-refractivity contribution in [2.24, 2.45) is 23.2 Å². The maximum Gasteiger partial charge on any atom is 0.408 e. The number of rotatable bonds is 18. The number of nitrogens with one attached hydrogen (secondary N) is 2. The number of aliphatic hydroxyl groups is 5. The van der Waals surface area contributed by atoms with Crippen LogP contribution in [0.3, 0.4) is 0 Å². The lowest BCUT2D eigenvalue weighted by molar-refractivity contribution is -0.205. The van der Waals surface area contributed by atoms with E-state index in [1.807, 2.05) is 48.2 Å². The summed E-state index contributed by atoms with van der Waals surface area (Å²) in [7, 11) is 0. The molecule has 2 unspecified atom stereocenters. The van der Waals surface area contributed by atoms with Gasteiger partial charge in [-0.1, -0.05) is 43.3 Å². The van der Waals surface area contributed by atoms with Gasteiger partial charge in [0.05, 0.1) is 37.0 Å². The van der Waals surface area contributed by atoms with Crippen molar-refractivity contribution in [1.29, 1.82) is 5.26 Å². The van der Waals surface area contributed by atoms with Crippen LogP contribution in [0.4, 0.5) is 9.59 Å². The molecule has 6 aliphatic rings. The first-order valence-electron chi connectivity index (χ1n) is 21.0. The molecular weight excluding hydrogens is 762 g/mol. The highest BCUT2D eigenvalue weighted by Gasteiger charge is 2.63. The largest absolute Gasteiger partial charge is 0.447 e. The minimum atomic E-state index is -1.69. The van der Waals surface area contributed by atoms with E-state index in [1.165, 1.54) is 0 Å². The molecule has 4 saturated carbocycles. The van der Waals surface area contributed by atoms with Gasteiger partial charge in [0.2, 0.25) is 5.91 Å². The van der Waals surface area contributed by atoms with Crippen molar-refractivity contribution in [2.45, 2.75) is 139 Å². The minimum absolute atomic E-state index is 0.0294. The van der Waals surface area contributed by atoms with Gasteiger partial charge in [-0.25, -0.2) is 9.59 Å². The lowest BCUT2D eigenvalue weighted by atomic mass is 9.46. The predicted octanol–water partition coefficient (Wildman–Crippen LogP) is 2.10. The van der Waals surface area contributed by atoms with Crippen molar-refractivity contribution >= 4 is 18.1 Å². The number of hydrogen-bond acceptors (Lipinski definition) is 13. The Labute approximate surface area is 346 Å². The van der Waals surface area contributed by atoms with Crippen LogP contribution in [0.5, 0.6) is 0 Å². The van der Waals surface area contributed by atoms with Crippen LogP contribution in [0.2, 0.25) is 0 Å². The van der Waals surface area contributed by atoms with Crippen LogP contribution in [-0.2, 0) is 32.1 Å². The summed E-state index contributed by atoms with van der Waals surface area (Å²) < 4.78 is 17.8. The van der Waals surface area contributed by atoms with Crippen molar-refractivity contribution in [1.82, 2.24) is 20.4 Å². The normalized spacial score (nSPS) is 30.4. The Kier molecular flexibility index (Phi) is 14.0. The Balaban J connectivity index is 1.00. The summed E-state index contributed by atoms with van der Waals surface area (Å²) in [6.07, 6.45) is 1.91. The van der Waals surface area contributed by atoms with E-state index in [4.69, 9.17) is 19.3 Å². The van der Waals surface area contributed by atoms with Crippen molar-refractivity contribution in [2.75, 3.05) is 32.9 Å². The number of aliphatic hydroxyl groups excluding tert-OH is 5. The second kappa shape index (κ2) is 18.4. The van der Waals surface area contributed by atoms with E-state index >= 15 is 0 Å². The molecule has 16 nitrogen and oxygen atoms in total. The lowest BCUT2D eigenvalue weighted by Gasteiger charge is -2.63. The third-order valence-electron chi connectivity index (χ3n) is 12.9. The molecule has 1 aliphatic heterocycles. The van der Waals surface area contributed by atoms with Gasteiger partial charge in [0.1, 0.15) is 42.6 Å². The van der Waals surface area contributed by atoms with Crippen molar-refractivity contribution < 1.29 is 54.1 Å². The molecule has 5 fully saturated rings. The van der Waals surface area contributed by atoms with Crippen LogP contribution < -0.4 is 10.6 Å². The van der Waals surface area contributed by atoms with Crippen LogP contribution in [0.1, 0.15) is 83.8 Å². The number of nitrogens with zero attached hydrogens (tertiary/aromatic N) is 3. The fourth-order valence-corrected chi connectivity index (χ4v) is 10.6. The second-order valence-corrected chi connectivity index (χ2v) is 18.5. The quantitative estimate of drug-likeness (QED) is 0.0832. The number of likely N-dealkylation sites (N-methyl/N-ethyl adjacent to an activating group) is 1. The van der Waals surface area contributed by atoms with Crippen molar-refractivity contribution in [3.63, 3.8) is 0 Å². The topological polar surface area (TPSA) is 234 Å². The monoisotopic (exact) mass is 825 g/mol. The number of amides is 3. The number of likely N-dealkylation sites (tertiary alicyclic amines) is 1. The van der Waals surface area contributed by atoms with Crippen LogP contribution in [0.15, 0.2) is 36.4 Å². The number of carbonyl (C=O) groups is 3. The standard InChI is InChI=1S/C43H63N5O11/c1-5-47(23-33(50)35(52)36(53)34(51)24-49)22-27-8-6-26(7-9-27)21-45-39(55)57-12-13-58-43-18-28-14-29(19-43)17-42(16-28,25-43)37(46-40(56)59-41(2,3)4)38(54)48-31(20-44)15-30-10-11-32(30)48/h6-11,28-37,49-53H,5,12-19,21-25H2,1-4H3,(H,45,55)(H,46,56)/t28?,29?,30-,31-,32-,33-,34+,35+,36+,37+,42?,43?/m0/s1. The number of carbonyl (C=O) groups excluding carboxylic acids is 3. The maximum atomic E-state index is 14.6. The molecule has 326 valence electrons. The van der Waals surface area contributed by atoms with E-state index in [0.29, 0.717) is 37.8 Å². The van der Waals surface area contributed by atoms with Crippen LogP contribution in [-0.4, -0.2) is 140 Å². The number of hydrogen-bond donors (Lipinski definition) is 7. The number of ether oxygens (including phenoxy) is 3. The number of benzene rings is 1. The molecule has 5 aliphatic carbocycles. The fraction of sp³-hybridized carbons (Fsp3) is 0.721. The SMILES string of the molecule is CCN(Cc1ccc(CNC(=O)OCCOC23CC4CC(C2)CC([C@H](NC(=O)OC(C)(C)C)C(=O)N2[C@H](C#N)C[C@@H]5C=C[C@@H]52)(C4)C3)cc1)C[C@H](O)[C@@H](O)[C@H](O)[C@H](O)CO. The van der Waals surface area contributed by atoms with E-state index in [0.717, 1.165) is 43.2 Å². The molecular formula is C43H63N5O11. The van der Waals surface area contributed by atoms with Gasteiger partial charge in [0.25, 0.3) is 0 Å². The molecule has 0 aromatic heterocycles. The van der Waals surface area contributed by atoms with Crippen LogP contribution in [0, 0.1) is 34.5 Å². The Bertz CT molecular complexity index is 1700. The summed E-state index contributed by atoms with van der Waals surface area (Å²) in [6.45, 7) is 7.94. The fourth-order valence-electron chi connectivity index (χ4n) is 10.6.